The zero-order valence-electron chi connectivity index (χ0n) is 26.8. The summed E-state index contributed by atoms with van der Waals surface area (Å²) in [5.74, 6) is -10.3. The third kappa shape index (κ3) is 24.8. The fourth-order valence-electron chi connectivity index (χ4n) is 3.97. The van der Waals surface area contributed by atoms with E-state index in [9.17, 15) is 58.5 Å². The molecule has 0 aromatic rings. The molecule has 22 heteroatoms. The number of esters is 4. The quantitative estimate of drug-likeness (QED) is 0.0301. The molecule has 0 aromatic carbocycles. The number of carbonyl (C=O) groups excluding carboxylic acids is 4. The van der Waals surface area contributed by atoms with Gasteiger partial charge in [-0.15, -0.1) is 0 Å². The van der Waals surface area contributed by atoms with E-state index in [1.54, 1.807) is 0 Å². The second kappa shape index (κ2) is 24.2. The number of nitrogens with zero attached hydrogens (tertiary/aromatic N) is 3. The Kier molecular flexibility index (Phi) is 21.8. The Labute approximate surface area is 278 Å². The first-order chi connectivity index (χ1) is 22.9. The Morgan fingerprint density at radius 2 is 1.10 bits per heavy atom. The van der Waals surface area contributed by atoms with E-state index in [4.69, 9.17) is 33.9 Å². The topological polar surface area (TPSA) is 311 Å². The van der Waals surface area contributed by atoms with Crippen molar-refractivity contribution in [2.45, 2.75) is 32.4 Å². The van der Waals surface area contributed by atoms with E-state index >= 15 is 0 Å². The van der Waals surface area contributed by atoms with Crippen molar-refractivity contribution >= 4 is 53.7 Å². The molecular weight excluding hydrogens is 670 g/mol. The van der Waals surface area contributed by atoms with Gasteiger partial charge in [0.1, 0.15) is 26.4 Å². The fraction of sp³-hybridized carbons (Fsp3) is 0.667. The van der Waals surface area contributed by atoms with Crippen LogP contribution < -0.4 is 0 Å². The van der Waals surface area contributed by atoms with Crippen LogP contribution in [0.15, 0.2) is 0 Å². The Morgan fingerprint density at radius 3 is 1.61 bits per heavy atom. The molecular formula is C27H41N3O19. The molecule has 49 heavy (non-hydrogen) atoms. The first-order valence-corrected chi connectivity index (χ1v) is 14.3. The third-order valence-corrected chi connectivity index (χ3v) is 5.82. The summed E-state index contributed by atoms with van der Waals surface area (Å²) in [5, 5.41) is 46.3. The van der Waals surface area contributed by atoms with E-state index in [-0.39, 0.29) is 26.3 Å². The van der Waals surface area contributed by atoms with Crippen LogP contribution >= 0.6 is 0 Å². The molecule has 0 radical (unpaired) electrons. The molecule has 0 saturated carbocycles. The van der Waals surface area contributed by atoms with Crippen molar-refractivity contribution in [2.24, 2.45) is 0 Å². The van der Waals surface area contributed by atoms with Crippen LogP contribution in [0.4, 0.5) is 0 Å². The van der Waals surface area contributed by atoms with Crippen molar-refractivity contribution < 1.29 is 92.4 Å². The minimum Gasteiger partial charge on any atom is -0.481 e. The minimum atomic E-state index is -1.47. The van der Waals surface area contributed by atoms with Crippen LogP contribution in [0.3, 0.4) is 0 Å². The zero-order chi connectivity index (χ0) is 37.5. The second-order valence-corrected chi connectivity index (χ2v) is 10.2. The summed E-state index contributed by atoms with van der Waals surface area (Å²) in [6, 6.07) is -1.28. The lowest BCUT2D eigenvalue weighted by atomic mass is 10.1. The number of carbonyl (C=O) groups is 9. The second-order valence-electron chi connectivity index (χ2n) is 10.2. The Morgan fingerprint density at radius 1 is 0.571 bits per heavy atom. The number of carboxylic acids is 5. The van der Waals surface area contributed by atoms with Gasteiger partial charge in [0.2, 0.25) is 0 Å². The Bertz CT molecular complexity index is 1150. The molecule has 22 nitrogen and oxygen atoms in total. The van der Waals surface area contributed by atoms with Crippen molar-refractivity contribution in [1.82, 2.24) is 14.7 Å². The molecule has 0 rings (SSSR count). The highest BCUT2D eigenvalue weighted by Crippen LogP contribution is 2.10. The first kappa shape index (κ1) is 44.1. The average molecular weight is 712 g/mol. The normalized spacial score (nSPS) is 12.2. The van der Waals surface area contributed by atoms with E-state index in [2.05, 4.69) is 0 Å². The maximum atomic E-state index is 12.5. The van der Waals surface area contributed by atoms with Gasteiger partial charge in [-0.2, -0.15) is 0 Å². The van der Waals surface area contributed by atoms with Gasteiger partial charge in [0.05, 0.1) is 45.8 Å². The number of hydrogen-bond donors (Lipinski definition) is 5. The van der Waals surface area contributed by atoms with Gasteiger partial charge in [-0.1, -0.05) is 0 Å². The van der Waals surface area contributed by atoms with E-state index in [0.717, 1.165) is 28.5 Å². The van der Waals surface area contributed by atoms with Crippen molar-refractivity contribution in [1.29, 1.82) is 0 Å². The van der Waals surface area contributed by atoms with Gasteiger partial charge >= 0.3 is 53.7 Å². The highest BCUT2D eigenvalue weighted by Gasteiger charge is 2.29. The molecule has 5 N–H and O–H groups in total. The minimum absolute atomic E-state index is 0.259. The van der Waals surface area contributed by atoms with Gasteiger partial charge in [0.25, 0.3) is 0 Å². The van der Waals surface area contributed by atoms with Gasteiger partial charge in [-0.3, -0.25) is 53.1 Å². The molecule has 2 atom stereocenters. The average Bonchev–Trinajstić information content (AvgIpc) is 2.94. The lowest BCUT2D eigenvalue weighted by Crippen LogP contribution is -2.51. The smallest absolute Gasteiger partial charge is 0.332 e. The van der Waals surface area contributed by atoms with Crippen LogP contribution in [0.1, 0.15) is 20.3 Å². The molecule has 0 amide bonds. The number of rotatable bonds is 28. The lowest BCUT2D eigenvalue weighted by molar-refractivity contribution is -0.166. The van der Waals surface area contributed by atoms with Crippen LogP contribution in [-0.2, 0) is 66.8 Å². The molecule has 0 aromatic heterocycles. The van der Waals surface area contributed by atoms with Gasteiger partial charge in [0.15, 0.2) is 6.10 Å². The molecule has 0 bridgehead atoms. The van der Waals surface area contributed by atoms with Crippen molar-refractivity contribution in [2.75, 3.05) is 85.4 Å². The zero-order valence-corrected chi connectivity index (χ0v) is 26.8. The molecule has 0 aliphatic carbocycles. The number of carboxylic acid groups (broad SMARTS) is 5. The first-order valence-electron chi connectivity index (χ1n) is 14.3. The number of aliphatic carboxylic acids is 5. The largest absolute Gasteiger partial charge is 0.481 e. The maximum Gasteiger partial charge on any atom is 0.332 e. The van der Waals surface area contributed by atoms with Gasteiger partial charge in [-0.25, -0.2) is 4.79 Å². The van der Waals surface area contributed by atoms with Crippen molar-refractivity contribution in [3.8, 4) is 0 Å². The third-order valence-electron chi connectivity index (χ3n) is 5.82. The summed E-state index contributed by atoms with van der Waals surface area (Å²) in [4.78, 5) is 106. The van der Waals surface area contributed by atoms with Gasteiger partial charge < -0.3 is 49.2 Å². The number of ether oxygens (including phenoxy) is 5. The molecule has 0 aliphatic heterocycles. The lowest BCUT2D eigenvalue weighted by Gasteiger charge is -2.33. The van der Waals surface area contributed by atoms with Crippen LogP contribution in [0.5, 0.6) is 0 Å². The van der Waals surface area contributed by atoms with Crippen LogP contribution in [0.25, 0.3) is 0 Å². The summed E-state index contributed by atoms with van der Waals surface area (Å²) in [5.41, 5.74) is 0. The summed E-state index contributed by atoms with van der Waals surface area (Å²) in [6.07, 6.45) is -1.82. The van der Waals surface area contributed by atoms with Crippen LogP contribution in [0, 0.1) is 0 Å². The van der Waals surface area contributed by atoms with Crippen LogP contribution in [-0.4, -0.2) is 191 Å². The number of hydrogen-bond acceptors (Lipinski definition) is 17. The summed E-state index contributed by atoms with van der Waals surface area (Å²) >= 11 is 0. The molecule has 0 aliphatic rings. The summed E-state index contributed by atoms with van der Waals surface area (Å²) in [6.45, 7) is -4.68. The predicted molar refractivity (Wildman–Crippen MR) is 156 cm³/mol. The summed E-state index contributed by atoms with van der Waals surface area (Å²) < 4.78 is 24.5. The molecule has 278 valence electrons. The van der Waals surface area contributed by atoms with Gasteiger partial charge in [-0.05, 0) is 0 Å². The van der Waals surface area contributed by atoms with E-state index in [1.165, 1.54) is 0 Å². The van der Waals surface area contributed by atoms with Crippen LogP contribution in [0.2, 0.25) is 0 Å². The molecule has 0 spiro atoms. The Balaban J connectivity index is 5.27. The van der Waals surface area contributed by atoms with Crippen molar-refractivity contribution in [3.63, 3.8) is 0 Å². The SMILES string of the molecule is CC(=O)OCC(COC(=O)COCCOC(=O)CN(CC(=O)O)C(CC(=O)O)CN(CCN(CC(=O)O)CC(=O)O)CC(=O)O)OC(C)=O. The van der Waals surface area contributed by atoms with Crippen molar-refractivity contribution in [3.05, 3.63) is 0 Å². The maximum absolute atomic E-state index is 12.5. The predicted octanol–water partition coefficient (Wildman–Crippen LogP) is -3.33. The monoisotopic (exact) mass is 711 g/mol. The molecule has 0 saturated heterocycles. The van der Waals surface area contributed by atoms with E-state index in [1.807, 2.05) is 0 Å². The fourth-order valence-corrected chi connectivity index (χ4v) is 3.97. The molecule has 0 heterocycles. The Hall–Kier alpha value is -4.93. The van der Waals surface area contributed by atoms with Gasteiger partial charge in [0, 0.05) is 39.5 Å². The molecule has 0 fully saturated rings. The standard InChI is InChI=1S/C27H41N3O19/c1-17(31)47-14-20(49-18(2)32)15-48-27(44)16-45-5-6-46-26(43)13-30(12-25(41)42)19(7-21(33)34)8-28(9-22(35)36)3-4-29(10-23(37)38)11-24(39)40/h19-20H,3-16H2,1-2H3,(H,33,34)(H,35,36)(H,37,38)(H,39,40)(H,41,42). The van der Waals surface area contributed by atoms with E-state index < -0.39 is 131 Å². The summed E-state index contributed by atoms with van der Waals surface area (Å²) in [7, 11) is 0. The molecule has 2 unspecified atom stereocenters. The highest BCUT2D eigenvalue weighted by molar-refractivity contribution is 5.75. The van der Waals surface area contributed by atoms with E-state index in [0.29, 0.717) is 0 Å². The highest BCUT2D eigenvalue weighted by atomic mass is 16.6.